The molecule has 2 aromatic rings. The molecule has 0 aliphatic carbocycles. The molecule has 103 valence electrons. The van der Waals surface area contributed by atoms with Crippen molar-refractivity contribution in [3.05, 3.63) is 65.2 Å². The minimum absolute atomic E-state index is 0.128. The van der Waals surface area contributed by atoms with Gasteiger partial charge in [0.1, 0.15) is 5.75 Å². The molecule has 2 aromatic carbocycles. The Morgan fingerprint density at radius 1 is 1.19 bits per heavy atom. The summed E-state index contributed by atoms with van der Waals surface area (Å²) in [5, 5.41) is 19.0. The molecule has 2 N–H and O–H groups in total. The van der Waals surface area contributed by atoms with Crippen molar-refractivity contribution < 1.29 is 15.1 Å². The monoisotopic (exact) mass is 278 g/mol. The van der Waals surface area contributed by atoms with Crippen molar-refractivity contribution >= 4 is 25.0 Å². The molecule has 21 heavy (non-hydrogen) atoms. The Hall–Kier alpha value is -2.53. The Labute approximate surface area is 123 Å². The number of allylic oxidation sites excluding steroid dienone is 1. The molecular weight excluding hydrogens is 265 g/mol. The standard InChI is InChI=1S/C16H13BNO3/c19-14-7-4-11(5-8-14)15(20)9-6-12-2-1-3-13-10-17-18(21)16(12)13/h1-9,19,21H,10H2/b9-6+. The fraction of sp³-hybridized carbons (Fsp3) is 0.0625. The van der Waals surface area contributed by atoms with Crippen LogP contribution < -0.4 is 4.97 Å². The van der Waals surface area contributed by atoms with E-state index in [0.29, 0.717) is 17.6 Å². The van der Waals surface area contributed by atoms with Crippen molar-refractivity contribution in [3.63, 3.8) is 0 Å². The van der Waals surface area contributed by atoms with Crippen molar-refractivity contribution in [3.8, 4) is 5.75 Å². The number of hydrogen-bond donors (Lipinski definition) is 2. The first kappa shape index (κ1) is 13.5. The predicted molar refractivity (Wildman–Crippen MR) is 81.6 cm³/mol. The summed E-state index contributed by atoms with van der Waals surface area (Å²) >= 11 is 0. The van der Waals surface area contributed by atoms with Crippen molar-refractivity contribution in [2.45, 2.75) is 6.32 Å². The number of hydrogen-bond acceptors (Lipinski definition) is 4. The first-order chi connectivity index (χ1) is 10.1. The molecule has 1 radical (unpaired) electrons. The number of benzene rings is 2. The number of phenolic OH excluding ortho intramolecular Hbond substituents is 1. The summed E-state index contributed by atoms with van der Waals surface area (Å²) in [6.45, 7) is 0. The van der Waals surface area contributed by atoms with Gasteiger partial charge in [-0.3, -0.25) is 4.79 Å². The highest BCUT2D eigenvalue weighted by Crippen LogP contribution is 2.30. The number of ketones is 1. The molecule has 1 heterocycles. The fourth-order valence-electron chi connectivity index (χ4n) is 2.35. The van der Waals surface area contributed by atoms with Crippen LogP contribution in [0.25, 0.3) is 6.08 Å². The van der Waals surface area contributed by atoms with Crippen LogP contribution in [0.15, 0.2) is 48.5 Å². The van der Waals surface area contributed by atoms with Crippen LogP contribution in [0.3, 0.4) is 0 Å². The highest BCUT2D eigenvalue weighted by atomic mass is 16.5. The molecule has 0 bridgehead atoms. The Bertz CT molecular complexity index is 710. The number of phenols is 1. The Morgan fingerprint density at radius 2 is 1.95 bits per heavy atom. The van der Waals surface area contributed by atoms with E-state index in [0.717, 1.165) is 16.1 Å². The van der Waals surface area contributed by atoms with Crippen molar-refractivity contribution in [1.29, 1.82) is 0 Å². The second kappa shape index (κ2) is 5.46. The molecule has 5 heteroatoms. The van der Waals surface area contributed by atoms with Gasteiger partial charge in [-0.15, -0.1) is 0 Å². The average molecular weight is 278 g/mol. The molecule has 0 fully saturated rings. The summed E-state index contributed by atoms with van der Waals surface area (Å²) in [6.07, 6.45) is 3.84. The van der Waals surface area contributed by atoms with Gasteiger partial charge in [-0.2, -0.15) is 0 Å². The Balaban J connectivity index is 1.85. The molecule has 0 atom stereocenters. The van der Waals surface area contributed by atoms with Gasteiger partial charge in [-0.25, -0.2) is 0 Å². The minimum Gasteiger partial charge on any atom is -0.508 e. The Morgan fingerprint density at radius 3 is 2.71 bits per heavy atom. The van der Waals surface area contributed by atoms with Crippen molar-refractivity contribution in [2.24, 2.45) is 0 Å². The van der Waals surface area contributed by atoms with E-state index in [1.54, 1.807) is 25.6 Å². The van der Waals surface area contributed by atoms with E-state index in [1.165, 1.54) is 18.2 Å². The maximum Gasteiger partial charge on any atom is 0.290 e. The van der Waals surface area contributed by atoms with E-state index < -0.39 is 0 Å². The summed E-state index contributed by atoms with van der Waals surface area (Å²) in [5.74, 6) is -0.0260. The maximum absolute atomic E-state index is 12.1. The molecule has 0 unspecified atom stereocenters. The zero-order valence-corrected chi connectivity index (χ0v) is 11.2. The quantitative estimate of drug-likeness (QED) is 0.514. The minimum atomic E-state index is -0.154. The third-order valence-corrected chi connectivity index (χ3v) is 3.43. The van der Waals surface area contributed by atoms with Gasteiger partial charge in [0.25, 0.3) is 7.41 Å². The van der Waals surface area contributed by atoms with Gasteiger partial charge in [0, 0.05) is 5.56 Å². The van der Waals surface area contributed by atoms with E-state index in [2.05, 4.69) is 0 Å². The number of rotatable bonds is 3. The number of carbonyl (C=O) groups excluding carboxylic acids is 1. The van der Waals surface area contributed by atoms with Gasteiger partial charge in [-0.1, -0.05) is 18.2 Å². The lowest BCUT2D eigenvalue weighted by atomic mass is 9.90. The molecule has 0 spiro atoms. The van der Waals surface area contributed by atoms with Crippen molar-refractivity contribution in [1.82, 2.24) is 0 Å². The van der Waals surface area contributed by atoms with Crippen LogP contribution in [-0.4, -0.2) is 23.5 Å². The van der Waals surface area contributed by atoms with E-state index in [9.17, 15) is 15.1 Å². The summed E-state index contributed by atoms with van der Waals surface area (Å²) in [6, 6.07) is 11.8. The van der Waals surface area contributed by atoms with E-state index in [-0.39, 0.29) is 11.5 Å². The molecule has 4 nitrogen and oxygen atoms in total. The average Bonchev–Trinajstić information content (AvgIpc) is 2.88. The third kappa shape index (κ3) is 2.69. The predicted octanol–water partition coefficient (Wildman–Crippen LogP) is 2.62. The molecule has 0 saturated carbocycles. The third-order valence-electron chi connectivity index (χ3n) is 3.43. The number of anilines is 1. The van der Waals surface area contributed by atoms with Gasteiger partial charge < -0.3 is 15.3 Å². The number of aromatic hydroxyl groups is 1. The van der Waals surface area contributed by atoms with Gasteiger partial charge in [0.15, 0.2) is 5.78 Å². The normalized spacial score (nSPS) is 13.3. The Kier molecular flexibility index (Phi) is 3.50. The SMILES string of the molecule is O=C(/C=C/c1cccc2c1N(O)[B]C2)c1ccc(O)cc1. The summed E-state index contributed by atoms with van der Waals surface area (Å²) in [5.41, 5.74) is 3.03. The smallest absolute Gasteiger partial charge is 0.290 e. The number of para-hydroxylation sites is 1. The zero-order chi connectivity index (χ0) is 14.8. The highest BCUT2D eigenvalue weighted by molar-refractivity contribution is 6.43. The van der Waals surface area contributed by atoms with Crippen LogP contribution in [-0.2, 0) is 6.32 Å². The van der Waals surface area contributed by atoms with Gasteiger partial charge in [0.05, 0.1) is 5.69 Å². The second-order valence-corrected chi connectivity index (χ2v) is 4.83. The van der Waals surface area contributed by atoms with E-state index >= 15 is 0 Å². The highest BCUT2D eigenvalue weighted by Gasteiger charge is 2.21. The van der Waals surface area contributed by atoms with E-state index in [1.807, 2.05) is 18.2 Å². The van der Waals surface area contributed by atoms with Crippen LogP contribution in [0.4, 0.5) is 5.69 Å². The first-order valence-corrected chi connectivity index (χ1v) is 6.60. The van der Waals surface area contributed by atoms with Gasteiger partial charge in [0.2, 0.25) is 0 Å². The first-order valence-electron chi connectivity index (χ1n) is 6.60. The lowest BCUT2D eigenvalue weighted by Gasteiger charge is -2.13. The lowest BCUT2D eigenvalue weighted by Crippen LogP contribution is -2.18. The summed E-state index contributed by atoms with van der Waals surface area (Å²) in [4.78, 5) is 13.2. The fourth-order valence-corrected chi connectivity index (χ4v) is 2.35. The van der Waals surface area contributed by atoms with Crippen LogP contribution in [0, 0.1) is 0 Å². The second-order valence-electron chi connectivity index (χ2n) is 4.83. The van der Waals surface area contributed by atoms with Crippen LogP contribution >= 0.6 is 0 Å². The van der Waals surface area contributed by atoms with Crippen molar-refractivity contribution in [2.75, 3.05) is 4.97 Å². The van der Waals surface area contributed by atoms with Gasteiger partial charge >= 0.3 is 0 Å². The molecule has 0 saturated heterocycles. The summed E-state index contributed by atoms with van der Waals surface area (Å²) in [7, 11) is 1.68. The molecule has 0 amide bonds. The number of fused-ring (bicyclic) bond motifs is 1. The molecule has 1 aliphatic heterocycles. The van der Waals surface area contributed by atoms with Gasteiger partial charge in [-0.05, 0) is 53.9 Å². The maximum atomic E-state index is 12.1. The number of nitrogens with zero attached hydrogens (tertiary/aromatic N) is 1. The molecule has 1 aliphatic rings. The number of carbonyl (C=O) groups is 1. The molecule has 3 rings (SSSR count). The van der Waals surface area contributed by atoms with Crippen LogP contribution in [0.5, 0.6) is 5.75 Å². The van der Waals surface area contributed by atoms with E-state index in [4.69, 9.17) is 0 Å². The largest absolute Gasteiger partial charge is 0.508 e. The topological polar surface area (TPSA) is 60.8 Å². The van der Waals surface area contributed by atoms with Crippen LogP contribution in [0.1, 0.15) is 21.5 Å². The molecular formula is C16H13BNO3. The molecule has 0 aromatic heterocycles. The zero-order valence-electron chi connectivity index (χ0n) is 11.2. The summed E-state index contributed by atoms with van der Waals surface area (Å²) < 4.78 is 0. The lowest BCUT2D eigenvalue weighted by molar-refractivity contribution is 0.104. The van der Waals surface area contributed by atoms with Crippen LogP contribution in [0.2, 0.25) is 0 Å².